The van der Waals surface area contributed by atoms with Gasteiger partial charge in [0, 0.05) is 5.02 Å². The Hall–Kier alpha value is -0.890. The zero-order valence-corrected chi connectivity index (χ0v) is 11.5. The van der Waals surface area contributed by atoms with E-state index >= 15 is 0 Å². The highest BCUT2D eigenvalue weighted by Gasteiger charge is 2.08. The second-order valence-electron chi connectivity index (χ2n) is 4.41. The summed E-state index contributed by atoms with van der Waals surface area (Å²) in [4.78, 5) is 0. The first-order valence-electron chi connectivity index (χ1n) is 6.35. The fourth-order valence-electron chi connectivity index (χ4n) is 1.76. The van der Waals surface area contributed by atoms with Gasteiger partial charge in [-0.15, -0.1) is 0 Å². The first kappa shape index (κ1) is 14.2. The van der Waals surface area contributed by atoms with Crippen LogP contribution in [-0.2, 0) is 0 Å². The third-order valence-corrected chi connectivity index (χ3v) is 3.22. The Morgan fingerprint density at radius 2 is 2.12 bits per heavy atom. The van der Waals surface area contributed by atoms with Crippen molar-refractivity contribution >= 4 is 17.3 Å². The normalized spacial score (nSPS) is 12.4. The van der Waals surface area contributed by atoms with Crippen LogP contribution in [0.25, 0.3) is 0 Å². The van der Waals surface area contributed by atoms with Crippen molar-refractivity contribution in [1.29, 1.82) is 0 Å². The van der Waals surface area contributed by atoms with Gasteiger partial charge in [-0.1, -0.05) is 44.7 Å². The van der Waals surface area contributed by atoms with Crippen LogP contribution in [-0.4, -0.2) is 6.61 Å². The van der Waals surface area contributed by atoms with Crippen molar-refractivity contribution in [2.75, 3.05) is 12.3 Å². The van der Waals surface area contributed by atoms with Gasteiger partial charge in [0.1, 0.15) is 5.75 Å². The molecule has 0 spiro atoms. The fraction of sp³-hybridized carbons (Fsp3) is 0.571. The van der Waals surface area contributed by atoms with E-state index in [1.165, 1.54) is 19.3 Å². The summed E-state index contributed by atoms with van der Waals surface area (Å²) in [6.45, 7) is 5.15. The van der Waals surface area contributed by atoms with Crippen molar-refractivity contribution < 1.29 is 4.74 Å². The van der Waals surface area contributed by atoms with E-state index in [0.29, 0.717) is 16.6 Å². The molecule has 0 aliphatic rings. The summed E-state index contributed by atoms with van der Waals surface area (Å²) in [5.41, 5.74) is 6.45. The number of unbranched alkanes of at least 4 members (excludes halogenated alkanes) is 1. The third-order valence-electron chi connectivity index (χ3n) is 2.99. The van der Waals surface area contributed by atoms with E-state index in [-0.39, 0.29) is 0 Å². The lowest BCUT2D eigenvalue weighted by Crippen LogP contribution is -2.12. The lowest BCUT2D eigenvalue weighted by Gasteiger charge is -2.16. The fourth-order valence-corrected chi connectivity index (χ4v) is 1.94. The summed E-state index contributed by atoms with van der Waals surface area (Å²) in [5.74, 6) is 1.36. The van der Waals surface area contributed by atoms with Crippen molar-refractivity contribution in [2.24, 2.45) is 5.92 Å². The van der Waals surface area contributed by atoms with Crippen LogP contribution >= 0.6 is 11.6 Å². The van der Waals surface area contributed by atoms with Gasteiger partial charge in [0.05, 0.1) is 12.3 Å². The summed E-state index contributed by atoms with van der Waals surface area (Å²) in [6.07, 6.45) is 4.87. The zero-order valence-electron chi connectivity index (χ0n) is 10.7. The van der Waals surface area contributed by atoms with Gasteiger partial charge in [0.25, 0.3) is 0 Å². The topological polar surface area (TPSA) is 35.2 Å². The van der Waals surface area contributed by atoms with E-state index in [2.05, 4.69) is 13.8 Å². The molecule has 0 aliphatic carbocycles. The quantitative estimate of drug-likeness (QED) is 0.727. The largest absolute Gasteiger partial charge is 0.491 e. The summed E-state index contributed by atoms with van der Waals surface area (Å²) in [5, 5.41) is 0.646. The number of nitrogen functional groups attached to an aromatic ring is 1. The van der Waals surface area contributed by atoms with E-state index in [1.54, 1.807) is 12.1 Å². The Balaban J connectivity index is 2.47. The monoisotopic (exact) mass is 255 g/mol. The smallest absolute Gasteiger partial charge is 0.142 e. The van der Waals surface area contributed by atoms with Crippen LogP contribution in [0.1, 0.15) is 39.5 Å². The van der Waals surface area contributed by atoms with Crippen molar-refractivity contribution in [3.63, 3.8) is 0 Å². The number of rotatable bonds is 7. The van der Waals surface area contributed by atoms with Crippen LogP contribution in [0.15, 0.2) is 18.2 Å². The molecule has 1 aromatic carbocycles. The van der Waals surface area contributed by atoms with Crippen LogP contribution in [0.2, 0.25) is 5.02 Å². The second-order valence-corrected chi connectivity index (χ2v) is 4.85. The van der Waals surface area contributed by atoms with Gasteiger partial charge in [-0.3, -0.25) is 0 Å². The molecule has 2 N–H and O–H groups in total. The molecule has 0 bridgehead atoms. The Bertz CT molecular complexity index is 341. The number of hydrogen-bond donors (Lipinski definition) is 1. The van der Waals surface area contributed by atoms with Crippen molar-refractivity contribution in [3.8, 4) is 5.75 Å². The average molecular weight is 256 g/mol. The van der Waals surface area contributed by atoms with Gasteiger partial charge in [0.2, 0.25) is 0 Å². The highest BCUT2D eigenvalue weighted by molar-refractivity contribution is 6.30. The van der Waals surface area contributed by atoms with E-state index in [1.807, 2.05) is 6.07 Å². The first-order valence-corrected chi connectivity index (χ1v) is 6.73. The van der Waals surface area contributed by atoms with Crippen LogP contribution in [0.4, 0.5) is 5.69 Å². The molecule has 2 nitrogen and oxygen atoms in total. The Labute approximate surface area is 109 Å². The highest BCUT2D eigenvalue weighted by atomic mass is 35.5. The lowest BCUT2D eigenvalue weighted by atomic mass is 10.0. The summed E-state index contributed by atoms with van der Waals surface area (Å²) >= 11 is 5.84. The molecule has 1 rings (SSSR count). The van der Waals surface area contributed by atoms with E-state index < -0.39 is 0 Å². The van der Waals surface area contributed by atoms with Gasteiger partial charge in [-0.25, -0.2) is 0 Å². The number of nitrogens with two attached hydrogens (primary N) is 1. The molecule has 96 valence electrons. The van der Waals surface area contributed by atoms with Crippen molar-refractivity contribution in [3.05, 3.63) is 23.2 Å². The molecule has 3 heteroatoms. The predicted octanol–water partition coefficient (Wildman–Crippen LogP) is 4.52. The molecule has 0 fully saturated rings. The van der Waals surface area contributed by atoms with E-state index in [4.69, 9.17) is 22.1 Å². The molecule has 0 amide bonds. The second kappa shape index (κ2) is 7.44. The summed E-state index contributed by atoms with van der Waals surface area (Å²) in [7, 11) is 0. The molecule has 1 aromatic rings. The maximum Gasteiger partial charge on any atom is 0.142 e. The molecule has 1 unspecified atom stereocenters. The Kier molecular flexibility index (Phi) is 6.20. The van der Waals surface area contributed by atoms with Crippen molar-refractivity contribution in [1.82, 2.24) is 0 Å². The minimum atomic E-state index is 0.614. The van der Waals surface area contributed by atoms with Crippen LogP contribution in [0.3, 0.4) is 0 Å². The zero-order chi connectivity index (χ0) is 12.7. The van der Waals surface area contributed by atoms with Crippen LogP contribution in [0.5, 0.6) is 5.75 Å². The maximum atomic E-state index is 5.84. The van der Waals surface area contributed by atoms with Crippen LogP contribution in [0, 0.1) is 5.92 Å². The van der Waals surface area contributed by atoms with Gasteiger partial charge >= 0.3 is 0 Å². The van der Waals surface area contributed by atoms with Gasteiger partial charge in [-0.2, -0.15) is 0 Å². The Morgan fingerprint density at radius 3 is 2.71 bits per heavy atom. The van der Waals surface area contributed by atoms with Gasteiger partial charge < -0.3 is 10.5 Å². The maximum absolute atomic E-state index is 5.84. The lowest BCUT2D eigenvalue weighted by molar-refractivity contribution is 0.234. The van der Waals surface area contributed by atoms with E-state index in [9.17, 15) is 0 Å². The number of halogens is 1. The van der Waals surface area contributed by atoms with Gasteiger partial charge in [-0.05, 0) is 30.5 Å². The van der Waals surface area contributed by atoms with Crippen molar-refractivity contribution in [2.45, 2.75) is 39.5 Å². The molecular weight excluding hydrogens is 234 g/mol. The molecule has 0 aliphatic heterocycles. The number of ether oxygens (including phenoxy) is 1. The standard InChI is InChI=1S/C14H22ClNO/c1-3-5-6-11(4-2)10-17-14-8-7-12(15)9-13(14)16/h7-9,11H,3-6,10,16H2,1-2H3. The minimum absolute atomic E-state index is 0.614. The van der Waals surface area contributed by atoms with Gasteiger partial charge in [0.15, 0.2) is 0 Å². The summed E-state index contributed by atoms with van der Waals surface area (Å²) < 4.78 is 5.76. The van der Waals surface area contributed by atoms with Crippen LogP contribution < -0.4 is 10.5 Å². The molecule has 1 atom stereocenters. The summed E-state index contributed by atoms with van der Waals surface area (Å²) in [6, 6.07) is 5.37. The molecule has 17 heavy (non-hydrogen) atoms. The highest BCUT2D eigenvalue weighted by Crippen LogP contribution is 2.26. The minimum Gasteiger partial charge on any atom is -0.491 e. The third kappa shape index (κ3) is 4.86. The first-order chi connectivity index (χ1) is 8.17. The number of hydrogen-bond acceptors (Lipinski definition) is 2. The predicted molar refractivity (Wildman–Crippen MR) is 74.7 cm³/mol. The molecule has 0 radical (unpaired) electrons. The molecule has 0 aromatic heterocycles. The number of anilines is 1. The van der Waals surface area contributed by atoms with E-state index in [0.717, 1.165) is 18.8 Å². The molecule has 0 saturated carbocycles. The molecule has 0 heterocycles. The SMILES string of the molecule is CCCCC(CC)COc1ccc(Cl)cc1N. The Morgan fingerprint density at radius 1 is 1.35 bits per heavy atom. The molecule has 0 saturated heterocycles. The number of benzene rings is 1. The molecular formula is C14H22ClNO. The average Bonchev–Trinajstić information content (AvgIpc) is 2.31.